The van der Waals surface area contributed by atoms with E-state index in [1.54, 1.807) is 0 Å². The van der Waals surface area contributed by atoms with Crippen molar-refractivity contribution in [3.8, 4) is 0 Å². The molecule has 2 heteroatoms. The maximum absolute atomic E-state index is 2.30. The molecule has 0 amide bonds. The van der Waals surface area contributed by atoms with E-state index >= 15 is 0 Å². The fourth-order valence-electron chi connectivity index (χ4n) is 3.95. The Labute approximate surface area is 203 Å². The van der Waals surface area contributed by atoms with Crippen molar-refractivity contribution in [2.45, 2.75) is 78.1 Å². The third-order valence-corrected chi connectivity index (χ3v) is 7.80. The minimum absolute atomic E-state index is 1.20. The maximum Gasteiger partial charge on any atom is 0.0302 e. The predicted octanol–water partition coefficient (Wildman–Crippen LogP) is 10.4. The first-order valence-corrected chi connectivity index (χ1v) is 14.1. The molecule has 0 saturated heterocycles. The highest BCUT2D eigenvalue weighted by Gasteiger charge is 2.02. The molecule has 0 aliphatic rings. The van der Waals surface area contributed by atoms with Crippen molar-refractivity contribution in [3.05, 3.63) is 79.2 Å². The van der Waals surface area contributed by atoms with Gasteiger partial charge >= 0.3 is 0 Å². The molecule has 32 heavy (non-hydrogen) atoms. The number of hydrogen-bond donors (Lipinski definition) is 0. The van der Waals surface area contributed by atoms with Gasteiger partial charge in [-0.3, -0.25) is 0 Å². The Hall–Kier alpha value is -1.90. The number of rotatable bonds is 14. The van der Waals surface area contributed by atoms with E-state index in [-0.39, 0.29) is 0 Å². The molecule has 2 heterocycles. The van der Waals surface area contributed by atoms with E-state index < -0.39 is 0 Å². The second-order valence-corrected chi connectivity index (χ2v) is 10.5. The Morgan fingerprint density at radius 2 is 0.969 bits per heavy atom. The van der Waals surface area contributed by atoms with Gasteiger partial charge in [0.1, 0.15) is 0 Å². The van der Waals surface area contributed by atoms with Gasteiger partial charge in [0.05, 0.1) is 0 Å². The second-order valence-electron chi connectivity index (χ2n) is 8.57. The monoisotopic (exact) mass is 462 g/mol. The van der Waals surface area contributed by atoms with Gasteiger partial charge < -0.3 is 0 Å². The molecule has 0 unspecified atom stereocenters. The molecular weight excluding hydrogens is 424 g/mol. The first-order valence-electron chi connectivity index (χ1n) is 12.4. The van der Waals surface area contributed by atoms with Crippen LogP contribution in [-0.4, -0.2) is 0 Å². The van der Waals surface area contributed by atoms with Crippen molar-refractivity contribution in [1.29, 1.82) is 0 Å². The lowest BCUT2D eigenvalue weighted by Gasteiger charge is -2.01. The Kier molecular flexibility index (Phi) is 11.0. The van der Waals surface area contributed by atoms with E-state index in [9.17, 15) is 0 Å². The Bertz CT molecular complexity index is 874. The molecule has 0 bridgehead atoms. The van der Waals surface area contributed by atoms with Crippen molar-refractivity contribution in [3.63, 3.8) is 0 Å². The number of unbranched alkanes of at least 4 members (excludes halogenated alkanes) is 6. The first-order chi connectivity index (χ1) is 15.8. The number of thiophene rings is 2. The highest BCUT2D eigenvalue weighted by Crippen LogP contribution is 2.24. The van der Waals surface area contributed by atoms with Crippen molar-refractivity contribution >= 4 is 47.0 Å². The van der Waals surface area contributed by atoms with Gasteiger partial charge in [-0.25, -0.2) is 0 Å². The summed E-state index contributed by atoms with van der Waals surface area (Å²) in [5.41, 5.74) is 5.53. The number of aryl methyl sites for hydroxylation is 2. The average Bonchev–Trinajstić information content (AvgIpc) is 3.46. The Morgan fingerprint density at radius 3 is 1.38 bits per heavy atom. The van der Waals surface area contributed by atoms with Gasteiger partial charge in [0.2, 0.25) is 0 Å². The zero-order chi connectivity index (χ0) is 22.4. The fraction of sp³-hybridized carbons (Fsp3) is 0.400. The van der Waals surface area contributed by atoms with Gasteiger partial charge in [0, 0.05) is 9.75 Å². The fourth-order valence-corrected chi connectivity index (χ4v) is 5.64. The van der Waals surface area contributed by atoms with Crippen LogP contribution in [0.2, 0.25) is 0 Å². The van der Waals surface area contributed by atoms with Crippen LogP contribution in [0.4, 0.5) is 0 Å². The first kappa shape index (κ1) is 24.7. The van der Waals surface area contributed by atoms with Crippen LogP contribution in [0, 0.1) is 0 Å². The van der Waals surface area contributed by atoms with Crippen molar-refractivity contribution in [2.24, 2.45) is 0 Å². The lowest BCUT2D eigenvalue weighted by Crippen LogP contribution is -1.85. The van der Waals surface area contributed by atoms with Crippen LogP contribution in [0.15, 0.2) is 47.2 Å². The summed E-state index contributed by atoms with van der Waals surface area (Å²) in [6.07, 6.45) is 22.1. The molecule has 3 rings (SSSR count). The normalized spacial score (nSPS) is 11.8. The third kappa shape index (κ3) is 8.22. The maximum atomic E-state index is 2.30. The van der Waals surface area contributed by atoms with Gasteiger partial charge in [0.25, 0.3) is 0 Å². The van der Waals surface area contributed by atoms with Crippen LogP contribution in [0.5, 0.6) is 0 Å². The summed E-state index contributed by atoms with van der Waals surface area (Å²) in [6, 6.07) is 13.5. The van der Waals surface area contributed by atoms with E-state index in [1.807, 2.05) is 22.7 Å². The second kappa shape index (κ2) is 14.3. The summed E-state index contributed by atoms with van der Waals surface area (Å²) >= 11 is 3.71. The number of benzene rings is 1. The molecule has 2 aromatic heterocycles. The topological polar surface area (TPSA) is 0 Å². The zero-order valence-corrected chi connectivity index (χ0v) is 21.4. The third-order valence-electron chi connectivity index (χ3n) is 5.95. The summed E-state index contributed by atoms with van der Waals surface area (Å²) in [4.78, 5) is 2.82. The Morgan fingerprint density at radius 1 is 0.531 bits per heavy atom. The van der Waals surface area contributed by atoms with Gasteiger partial charge in [-0.15, -0.1) is 22.7 Å². The molecule has 1 aromatic carbocycles. The van der Waals surface area contributed by atoms with Crippen LogP contribution in [0.25, 0.3) is 24.3 Å². The van der Waals surface area contributed by atoms with E-state index in [4.69, 9.17) is 0 Å². The average molecular weight is 463 g/mol. The molecule has 0 saturated carbocycles. The van der Waals surface area contributed by atoms with Crippen LogP contribution < -0.4 is 0 Å². The van der Waals surface area contributed by atoms with Crippen LogP contribution >= 0.6 is 22.7 Å². The zero-order valence-electron chi connectivity index (χ0n) is 19.8. The van der Waals surface area contributed by atoms with Gasteiger partial charge in [-0.05, 0) is 83.0 Å². The summed E-state index contributed by atoms with van der Waals surface area (Å²) in [5.74, 6) is 0. The molecule has 0 N–H and O–H groups in total. The molecular formula is C30H38S2. The van der Waals surface area contributed by atoms with Gasteiger partial charge in [-0.1, -0.05) is 88.8 Å². The van der Waals surface area contributed by atoms with E-state index in [0.717, 1.165) is 0 Å². The minimum atomic E-state index is 1.20. The van der Waals surface area contributed by atoms with Gasteiger partial charge in [-0.2, -0.15) is 0 Å². The van der Waals surface area contributed by atoms with Crippen LogP contribution in [0.3, 0.4) is 0 Å². The summed E-state index contributed by atoms with van der Waals surface area (Å²) in [6.45, 7) is 4.55. The van der Waals surface area contributed by atoms with E-state index in [0.29, 0.717) is 0 Å². The Balaban J connectivity index is 1.54. The molecule has 0 nitrogen and oxygen atoms in total. The van der Waals surface area contributed by atoms with E-state index in [1.165, 1.54) is 96.2 Å². The molecule has 0 spiro atoms. The predicted molar refractivity (Wildman–Crippen MR) is 149 cm³/mol. The molecule has 0 aliphatic heterocycles. The number of hydrogen-bond acceptors (Lipinski definition) is 2. The summed E-state index contributed by atoms with van der Waals surface area (Å²) in [7, 11) is 0. The molecule has 0 radical (unpaired) electrons. The van der Waals surface area contributed by atoms with Gasteiger partial charge in [0.15, 0.2) is 0 Å². The van der Waals surface area contributed by atoms with Crippen LogP contribution in [0.1, 0.15) is 97.2 Å². The highest BCUT2D eigenvalue weighted by atomic mass is 32.1. The van der Waals surface area contributed by atoms with E-state index in [2.05, 4.69) is 85.3 Å². The highest BCUT2D eigenvalue weighted by molar-refractivity contribution is 7.11. The quantitative estimate of drug-likeness (QED) is 0.209. The largest absolute Gasteiger partial charge is 0.144 e. The molecule has 3 aromatic rings. The molecule has 0 atom stereocenters. The SMILES string of the molecule is CCCCCCc1ccsc1C=Cc1ccc(C=Cc2sccc2CCCCCC)cc1. The molecule has 0 aliphatic carbocycles. The summed E-state index contributed by atoms with van der Waals surface area (Å²) in [5, 5.41) is 4.46. The summed E-state index contributed by atoms with van der Waals surface area (Å²) < 4.78 is 0. The molecule has 170 valence electrons. The lowest BCUT2D eigenvalue weighted by molar-refractivity contribution is 0.667. The smallest absolute Gasteiger partial charge is 0.0302 e. The van der Waals surface area contributed by atoms with Crippen molar-refractivity contribution in [2.75, 3.05) is 0 Å². The van der Waals surface area contributed by atoms with Crippen molar-refractivity contribution in [1.82, 2.24) is 0 Å². The standard InChI is InChI=1S/C30H38S2/c1-3-5-7-9-11-27-21-23-31-29(27)19-17-25-13-15-26(16-14-25)18-20-30-28(22-24-32-30)12-10-8-6-4-2/h13-24H,3-12H2,1-2H3. The van der Waals surface area contributed by atoms with Crippen LogP contribution in [-0.2, 0) is 12.8 Å². The van der Waals surface area contributed by atoms with Crippen molar-refractivity contribution < 1.29 is 0 Å². The molecule has 0 fully saturated rings. The minimum Gasteiger partial charge on any atom is -0.144 e. The lowest BCUT2D eigenvalue weighted by atomic mass is 10.1.